The van der Waals surface area contributed by atoms with Gasteiger partial charge in [0.15, 0.2) is 0 Å². The Morgan fingerprint density at radius 2 is 1.43 bits per heavy atom. The van der Waals surface area contributed by atoms with Crippen molar-refractivity contribution in [2.24, 2.45) is 0 Å². The van der Waals surface area contributed by atoms with Crippen LogP contribution in [0, 0.1) is 6.92 Å². The zero-order valence-corrected chi connectivity index (χ0v) is 8.11. The third-order valence-corrected chi connectivity index (χ3v) is 2.37. The van der Waals surface area contributed by atoms with Gasteiger partial charge < -0.3 is 0 Å². The van der Waals surface area contributed by atoms with Crippen LogP contribution in [0.1, 0.15) is 5.56 Å². The molecule has 2 rings (SSSR count). The molecule has 69 valence electrons. The largest absolute Gasteiger partial charge is 0.0622 e. The Labute approximate surface area is 85.2 Å². The van der Waals surface area contributed by atoms with Crippen LogP contribution in [-0.4, -0.2) is 0 Å². The van der Waals surface area contributed by atoms with Crippen LogP contribution in [0.4, 0.5) is 0 Å². The highest BCUT2D eigenvalue weighted by atomic mass is 14.0. The Morgan fingerprint density at radius 1 is 0.786 bits per heavy atom. The SMILES string of the molecule is [CH2]Cc1ccccc1-c1ccccc1. The van der Waals surface area contributed by atoms with Crippen molar-refractivity contribution in [3.63, 3.8) is 0 Å². The van der Waals surface area contributed by atoms with Crippen molar-refractivity contribution < 1.29 is 0 Å². The third kappa shape index (κ3) is 1.69. The van der Waals surface area contributed by atoms with Gasteiger partial charge in [-0.3, -0.25) is 0 Å². The van der Waals surface area contributed by atoms with Gasteiger partial charge >= 0.3 is 0 Å². The summed E-state index contributed by atoms with van der Waals surface area (Å²) in [6.07, 6.45) is 0.838. The van der Waals surface area contributed by atoms with Crippen LogP contribution in [0.15, 0.2) is 54.6 Å². The van der Waals surface area contributed by atoms with Gasteiger partial charge in [-0.2, -0.15) is 0 Å². The lowest BCUT2D eigenvalue weighted by Gasteiger charge is -2.06. The van der Waals surface area contributed by atoms with E-state index >= 15 is 0 Å². The molecule has 0 aliphatic rings. The van der Waals surface area contributed by atoms with E-state index in [-0.39, 0.29) is 0 Å². The summed E-state index contributed by atoms with van der Waals surface area (Å²) in [7, 11) is 0. The molecule has 0 saturated heterocycles. The fourth-order valence-electron chi connectivity index (χ4n) is 1.64. The van der Waals surface area contributed by atoms with Gasteiger partial charge in [-0.15, -0.1) is 0 Å². The Morgan fingerprint density at radius 3 is 2.14 bits per heavy atom. The third-order valence-electron chi connectivity index (χ3n) is 2.37. The van der Waals surface area contributed by atoms with Crippen molar-refractivity contribution in [2.45, 2.75) is 6.42 Å². The first-order chi connectivity index (χ1) is 6.92. The highest BCUT2D eigenvalue weighted by Crippen LogP contribution is 2.23. The monoisotopic (exact) mass is 181 g/mol. The maximum atomic E-state index is 3.94. The zero-order chi connectivity index (χ0) is 9.80. The summed E-state index contributed by atoms with van der Waals surface area (Å²) in [6, 6.07) is 18.9. The maximum absolute atomic E-state index is 3.94. The highest BCUT2D eigenvalue weighted by Gasteiger charge is 2.00. The first-order valence-corrected chi connectivity index (χ1v) is 4.84. The lowest BCUT2D eigenvalue weighted by atomic mass is 9.98. The summed E-state index contributed by atoms with van der Waals surface area (Å²) in [5, 5.41) is 0. The van der Waals surface area contributed by atoms with E-state index in [1.807, 2.05) is 6.07 Å². The quantitative estimate of drug-likeness (QED) is 0.662. The maximum Gasteiger partial charge on any atom is -0.0152 e. The molecule has 0 heterocycles. The summed E-state index contributed by atoms with van der Waals surface area (Å²) in [6.45, 7) is 3.94. The predicted octanol–water partition coefficient (Wildman–Crippen LogP) is 3.73. The fourth-order valence-corrected chi connectivity index (χ4v) is 1.64. The second kappa shape index (κ2) is 4.10. The van der Waals surface area contributed by atoms with Crippen LogP contribution >= 0.6 is 0 Å². The highest BCUT2D eigenvalue weighted by molar-refractivity contribution is 5.67. The Bertz CT molecular complexity index is 401. The second-order valence-corrected chi connectivity index (χ2v) is 3.27. The molecule has 14 heavy (non-hydrogen) atoms. The van der Waals surface area contributed by atoms with Crippen LogP contribution in [-0.2, 0) is 6.42 Å². The van der Waals surface area contributed by atoms with E-state index in [1.165, 1.54) is 16.7 Å². The normalized spacial score (nSPS) is 10.1. The second-order valence-electron chi connectivity index (χ2n) is 3.27. The summed E-state index contributed by atoms with van der Waals surface area (Å²) in [4.78, 5) is 0. The van der Waals surface area contributed by atoms with Gasteiger partial charge in [0.1, 0.15) is 0 Å². The van der Waals surface area contributed by atoms with E-state index in [4.69, 9.17) is 0 Å². The van der Waals surface area contributed by atoms with E-state index in [0.29, 0.717) is 0 Å². The minimum atomic E-state index is 0.838. The number of rotatable bonds is 2. The Balaban J connectivity index is 2.51. The summed E-state index contributed by atoms with van der Waals surface area (Å²) >= 11 is 0. The summed E-state index contributed by atoms with van der Waals surface area (Å²) in [5.74, 6) is 0. The first-order valence-electron chi connectivity index (χ1n) is 4.84. The van der Waals surface area contributed by atoms with Crippen molar-refractivity contribution >= 4 is 0 Å². The molecule has 0 nitrogen and oxygen atoms in total. The van der Waals surface area contributed by atoms with E-state index in [9.17, 15) is 0 Å². The van der Waals surface area contributed by atoms with Gasteiger partial charge in [0, 0.05) is 0 Å². The van der Waals surface area contributed by atoms with Gasteiger partial charge in [-0.25, -0.2) is 0 Å². The van der Waals surface area contributed by atoms with Crippen LogP contribution < -0.4 is 0 Å². The van der Waals surface area contributed by atoms with Crippen molar-refractivity contribution in [3.05, 3.63) is 67.1 Å². The molecule has 0 unspecified atom stereocenters. The van der Waals surface area contributed by atoms with Crippen molar-refractivity contribution in [3.8, 4) is 11.1 Å². The molecular weight excluding hydrogens is 168 g/mol. The molecule has 0 bridgehead atoms. The lowest BCUT2D eigenvalue weighted by molar-refractivity contribution is 1.27. The van der Waals surface area contributed by atoms with E-state index in [2.05, 4.69) is 55.5 Å². The average molecular weight is 181 g/mol. The molecule has 0 amide bonds. The van der Waals surface area contributed by atoms with Crippen LogP contribution in [0.25, 0.3) is 11.1 Å². The van der Waals surface area contributed by atoms with Gasteiger partial charge in [0.25, 0.3) is 0 Å². The minimum Gasteiger partial charge on any atom is -0.0622 e. The fraction of sp³-hybridized carbons (Fsp3) is 0.0714. The molecule has 0 heteroatoms. The molecule has 0 aromatic heterocycles. The molecule has 2 aromatic carbocycles. The molecule has 0 saturated carbocycles. The number of benzene rings is 2. The van der Waals surface area contributed by atoms with E-state index < -0.39 is 0 Å². The molecular formula is C14H13. The number of hydrogen-bond acceptors (Lipinski definition) is 0. The topological polar surface area (TPSA) is 0 Å². The average Bonchev–Trinajstić information content (AvgIpc) is 2.30. The lowest BCUT2D eigenvalue weighted by Crippen LogP contribution is -1.86. The molecule has 2 aromatic rings. The van der Waals surface area contributed by atoms with Crippen LogP contribution in [0.5, 0.6) is 0 Å². The molecule has 0 spiro atoms. The molecule has 0 N–H and O–H groups in total. The van der Waals surface area contributed by atoms with Crippen molar-refractivity contribution in [2.75, 3.05) is 0 Å². The van der Waals surface area contributed by atoms with Gasteiger partial charge in [-0.1, -0.05) is 54.6 Å². The molecule has 1 radical (unpaired) electrons. The standard InChI is InChI=1S/C14H13/c1-2-12-8-6-7-11-14(12)13-9-4-3-5-10-13/h3-11H,1-2H2. The van der Waals surface area contributed by atoms with Crippen LogP contribution in [0.3, 0.4) is 0 Å². The zero-order valence-electron chi connectivity index (χ0n) is 8.11. The molecule has 0 fully saturated rings. The van der Waals surface area contributed by atoms with E-state index in [0.717, 1.165) is 6.42 Å². The summed E-state index contributed by atoms with van der Waals surface area (Å²) in [5.41, 5.74) is 3.87. The van der Waals surface area contributed by atoms with Crippen LogP contribution in [0.2, 0.25) is 0 Å². The smallest absolute Gasteiger partial charge is 0.0152 e. The first kappa shape index (κ1) is 9.01. The Hall–Kier alpha value is -1.56. The molecule has 0 aliphatic carbocycles. The van der Waals surface area contributed by atoms with Gasteiger partial charge in [-0.05, 0) is 30.0 Å². The van der Waals surface area contributed by atoms with E-state index in [1.54, 1.807) is 0 Å². The summed E-state index contributed by atoms with van der Waals surface area (Å²) < 4.78 is 0. The van der Waals surface area contributed by atoms with Crippen molar-refractivity contribution in [1.82, 2.24) is 0 Å². The minimum absolute atomic E-state index is 0.838. The molecule has 0 aliphatic heterocycles. The number of hydrogen-bond donors (Lipinski definition) is 0. The Kier molecular flexibility index (Phi) is 2.64. The molecule has 0 atom stereocenters. The van der Waals surface area contributed by atoms with Gasteiger partial charge in [0.2, 0.25) is 0 Å². The van der Waals surface area contributed by atoms with Crippen molar-refractivity contribution in [1.29, 1.82) is 0 Å². The van der Waals surface area contributed by atoms with Gasteiger partial charge in [0.05, 0.1) is 0 Å². The predicted molar refractivity (Wildman–Crippen MR) is 60.9 cm³/mol.